The molecule has 0 saturated heterocycles. The molecule has 5 nitrogen and oxygen atoms in total. The van der Waals surface area contributed by atoms with Crippen molar-refractivity contribution >= 4 is 27.7 Å². The van der Waals surface area contributed by atoms with Gasteiger partial charge < -0.3 is 14.3 Å². The van der Waals surface area contributed by atoms with E-state index in [4.69, 9.17) is 9.15 Å². The second-order valence-corrected chi connectivity index (χ2v) is 8.43. The van der Waals surface area contributed by atoms with Crippen LogP contribution in [-0.4, -0.2) is 33.8 Å². The lowest BCUT2D eigenvalue weighted by molar-refractivity contribution is 0.126. The lowest BCUT2D eigenvalue weighted by Crippen LogP contribution is -2.20. The Hall–Kier alpha value is -2.61. The number of halogens is 1. The molecule has 0 aliphatic carbocycles. The minimum Gasteiger partial charge on any atom is -0.491 e. The van der Waals surface area contributed by atoms with Gasteiger partial charge in [0, 0.05) is 15.8 Å². The van der Waals surface area contributed by atoms with E-state index in [0.29, 0.717) is 22.6 Å². The van der Waals surface area contributed by atoms with Crippen molar-refractivity contribution in [3.63, 3.8) is 0 Å². The predicted molar refractivity (Wildman–Crippen MR) is 122 cm³/mol. The zero-order valence-electron chi connectivity index (χ0n) is 15.9. The number of aliphatic hydroxyl groups is 1. The first-order chi connectivity index (χ1) is 14.7. The van der Waals surface area contributed by atoms with Crippen molar-refractivity contribution in [3.8, 4) is 28.3 Å². The number of aliphatic hydroxyl groups excluding tert-OH is 1. The van der Waals surface area contributed by atoms with Gasteiger partial charge in [-0.05, 0) is 47.5 Å². The maximum Gasteiger partial charge on any atom is 0.276 e. The van der Waals surface area contributed by atoms with E-state index in [2.05, 4.69) is 38.3 Å². The number of nitrogens with zero attached hydrogens (tertiary/aromatic N) is 2. The van der Waals surface area contributed by atoms with Crippen molar-refractivity contribution < 1.29 is 14.3 Å². The fourth-order valence-electron chi connectivity index (χ4n) is 2.76. The Bertz CT molecular complexity index is 1070. The van der Waals surface area contributed by atoms with Crippen LogP contribution in [0.4, 0.5) is 0 Å². The smallest absolute Gasteiger partial charge is 0.276 e. The van der Waals surface area contributed by atoms with Gasteiger partial charge in [0.15, 0.2) is 0 Å². The van der Waals surface area contributed by atoms with Crippen LogP contribution in [0.3, 0.4) is 0 Å². The van der Waals surface area contributed by atoms with Crippen molar-refractivity contribution in [1.82, 2.24) is 10.2 Å². The molecule has 0 aliphatic rings. The summed E-state index contributed by atoms with van der Waals surface area (Å²) in [5.41, 5.74) is 3.12. The van der Waals surface area contributed by atoms with E-state index in [0.717, 1.165) is 21.2 Å². The third kappa shape index (κ3) is 5.50. The van der Waals surface area contributed by atoms with Gasteiger partial charge in [-0.1, -0.05) is 70.2 Å². The highest BCUT2D eigenvalue weighted by molar-refractivity contribution is 9.10. The van der Waals surface area contributed by atoms with Crippen LogP contribution in [0.15, 0.2) is 93.0 Å². The first-order valence-corrected chi connectivity index (χ1v) is 11.1. The van der Waals surface area contributed by atoms with E-state index < -0.39 is 6.10 Å². The molecule has 30 heavy (non-hydrogen) atoms. The van der Waals surface area contributed by atoms with Crippen LogP contribution < -0.4 is 4.74 Å². The summed E-state index contributed by atoms with van der Waals surface area (Å²) in [4.78, 5) is 0. The lowest BCUT2D eigenvalue weighted by Gasteiger charge is -2.11. The van der Waals surface area contributed by atoms with Gasteiger partial charge in [0.1, 0.15) is 12.4 Å². The minimum atomic E-state index is -0.660. The number of ether oxygens (including phenoxy) is 1. The fourth-order valence-corrected chi connectivity index (χ4v) is 3.69. The monoisotopic (exact) mass is 482 g/mol. The number of aromatic nitrogens is 2. The zero-order chi connectivity index (χ0) is 20.8. The van der Waals surface area contributed by atoms with Crippen molar-refractivity contribution in [3.05, 3.63) is 83.3 Å². The van der Waals surface area contributed by atoms with Crippen LogP contribution in [0.5, 0.6) is 5.75 Å². The standard InChI is InChI=1S/C23H19BrN2O3S/c24-19-10-6-18(7-11-19)22-25-26-23(29-22)30-15-20(27)14-28-21-12-8-17(9-13-21)16-4-2-1-3-5-16/h1-13,20,27H,14-15H2. The number of thioether (sulfide) groups is 1. The molecule has 0 spiro atoms. The molecule has 1 N–H and O–H groups in total. The molecule has 3 aromatic carbocycles. The van der Waals surface area contributed by atoms with E-state index >= 15 is 0 Å². The second-order valence-electron chi connectivity index (χ2n) is 6.55. The average Bonchev–Trinajstić information content (AvgIpc) is 3.27. The molecule has 0 saturated carbocycles. The van der Waals surface area contributed by atoms with Crippen molar-refractivity contribution in [2.75, 3.05) is 12.4 Å². The summed E-state index contributed by atoms with van der Waals surface area (Å²) in [6, 6.07) is 25.6. The minimum absolute atomic E-state index is 0.186. The zero-order valence-corrected chi connectivity index (χ0v) is 18.3. The Kier molecular flexibility index (Phi) is 6.84. The number of hydrogen-bond acceptors (Lipinski definition) is 6. The van der Waals surface area contributed by atoms with Gasteiger partial charge in [-0.15, -0.1) is 10.2 Å². The number of benzene rings is 3. The summed E-state index contributed by atoms with van der Waals surface area (Å²) >= 11 is 4.70. The van der Waals surface area contributed by atoms with Crippen molar-refractivity contribution in [1.29, 1.82) is 0 Å². The molecule has 4 rings (SSSR count). The van der Waals surface area contributed by atoms with Gasteiger partial charge in [0.05, 0.1) is 6.10 Å². The second kappa shape index (κ2) is 9.93. The molecule has 0 radical (unpaired) electrons. The lowest BCUT2D eigenvalue weighted by atomic mass is 10.1. The summed E-state index contributed by atoms with van der Waals surface area (Å²) in [5.74, 6) is 1.56. The maximum absolute atomic E-state index is 10.2. The van der Waals surface area contributed by atoms with E-state index in [1.54, 1.807) is 0 Å². The van der Waals surface area contributed by atoms with Crippen LogP contribution >= 0.6 is 27.7 Å². The molecular formula is C23H19BrN2O3S. The molecule has 1 atom stereocenters. The average molecular weight is 483 g/mol. The maximum atomic E-state index is 10.2. The molecule has 152 valence electrons. The third-order valence-corrected chi connectivity index (χ3v) is 5.79. The van der Waals surface area contributed by atoms with E-state index in [1.165, 1.54) is 11.8 Å². The van der Waals surface area contributed by atoms with Gasteiger partial charge >= 0.3 is 0 Å². The van der Waals surface area contributed by atoms with E-state index in [1.807, 2.05) is 66.7 Å². The van der Waals surface area contributed by atoms with Gasteiger partial charge in [-0.2, -0.15) is 0 Å². The Balaban J connectivity index is 1.25. The Morgan fingerprint density at radius 3 is 2.27 bits per heavy atom. The predicted octanol–water partition coefficient (Wildman–Crippen LogP) is 5.70. The van der Waals surface area contributed by atoms with Gasteiger partial charge in [0.25, 0.3) is 5.22 Å². The SMILES string of the molecule is OC(COc1ccc(-c2ccccc2)cc1)CSc1nnc(-c2ccc(Br)cc2)o1. The third-order valence-electron chi connectivity index (χ3n) is 4.30. The van der Waals surface area contributed by atoms with Gasteiger partial charge in [0.2, 0.25) is 5.89 Å². The molecule has 1 aromatic heterocycles. The molecule has 1 unspecified atom stereocenters. The van der Waals surface area contributed by atoms with Crippen LogP contribution in [0.25, 0.3) is 22.6 Å². The van der Waals surface area contributed by atoms with Gasteiger partial charge in [-0.25, -0.2) is 0 Å². The van der Waals surface area contributed by atoms with E-state index in [9.17, 15) is 5.11 Å². The molecule has 0 aliphatic heterocycles. The molecule has 0 fully saturated rings. The summed E-state index contributed by atoms with van der Waals surface area (Å²) in [5, 5.41) is 18.7. The largest absolute Gasteiger partial charge is 0.491 e. The van der Waals surface area contributed by atoms with Gasteiger partial charge in [-0.3, -0.25) is 0 Å². The quantitative estimate of drug-likeness (QED) is 0.325. The normalized spacial score (nSPS) is 11.9. The fraction of sp³-hybridized carbons (Fsp3) is 0.130. The van der Waals surface area contributed by atoms with Crippen LogP contribution in [0, 0.1) is 0 Å². The number of rotatable bonds is 8. The molecule has 0 bridgehead atoms. The topological polar surface area (TPSA) is 68.4 Å². The number of hydrogen-bond donors (Lipinski definition) is 1. The molecule has 7 heteroatoms. The summed E-state index contributed by atoms with van der Waals surface area (Å²) in [6.07, 6.45) is -0.660. The molecular weight excluding hydrogens is 464 g/mol. The van der Waals surface area contributed by atoms with E-state index in [-0.39, 0.29) is 6.61 Å². The molecule has 4 aromatic rings. The first kappa shape index (κ1) is 20.7. The Morgan fingerprint density at radius 2 is 1.53 bits per heavy atom. The van der Waals surface area contributed by atoms with Crippen LogP contribution in [-0.2, 0) is 0 Å². The highest BCUT2D eigenvalue weighted by Crippen LogP contribution is 2.25. The van der Waals surface area contributed by atoms with Crippen molar-refractivity contribution in [2.45, 2.75) is 11.3 Å². The van der Waals surface area contributed by atoms with Crippen LogP contribution in [0.1, 0.15) is 0 Å². The molecule has 0 amide bonds. The summed E-state index contributed by atoms with van der Waals surface area (Å²) in [6.45, 7) is 0.186. The highest BCUT2D eigenvalue weighted by Gasteiger charge is 2.12. The van der Waals surface area contributed by atoms with Crippen molar-refractivity contribution in [2.24, 2.45) is 0 Å². The Morgan fingerprint density at radius 1 is 0.867 bits per heavy atom. The Labute approximate surface area is 187 Å². The summed E-state index contributed by atoms with van der Waals surface area (Å²) < 4.78 is 12.3. The van der Waals surface area contributed by atoms with Crippen LogP contribution in [0.2, 0.25) is 0 Å². The molecule has 1 heterocycles. The highest BCUT2D eigenvalue weighted by atomic mass is 79.9. The first-order valence-electron chi connectivity index (χ1n) is 9.36. The summed E-state index contributed by atoms with van der Waals surface area (Å²) in [7, 11) is 0.